The summed E-state index contributed by atoms with van der Waals surface area (Å²) in [5.74, 6) is -0.996. The van der Waals surface area contributed by atoms with Gasteiger partial charge in [0, 0.05) is 22.3 Å². The molecule has 0 fully saturated rings. The van der Waals surface area contributed by atoms with Gasteiger partial charge in [-0.05, 0) is 69.3 Å². The Kier molecular flexibility index (Phi) is 7.28. The Morgan fingerprint density at radius 3 is 2.14 bits per heavy atom. The van der Waals surface area contributed by atoms with Crippen molar-refractivity contribution in [2.45, 2.75) is 31.7 Å². The van der Waals surface area contributed by atoms with E-state index in [1.54, 1.807) is 48.5 Å². The van der Waals surface area contributed by atoms with E-state index in [9.17, 15) is 14.4 Å². The van der Waals surface area contributed by atoms with Crippen molar-refractivity contribution in [1.82, 2.24) is 4.90 Å². The van der Waals surface area contributed by atoms with Gasteiger partial charge < -0.3 is 10.6 Å². The first kappa shape index (κ1) is 24.6. The van der Waals surface area contributed by atoms with Crippen molar-refractivity contribution in [2.75, 3.05) is 10.6 Å². The number of amides is 3. The second-order valence-electron chi connectivity index (χ2n) is 8.33. The average molecular weight is 506 g/mol. The van der Waals surface area contributed by atoms with Crippen molar-refractivity contribution >= 4 is 52.5 Å². The average Bonchev–Trinajstić information content (AvgIpc) is 3.05. The number of halogens is 1. The number of anilines is 2. The fourth-order valence-corrected chi connectivity index (χ4v) is 4.70. The van der Waals surface area contributed by atoms with E-state index in [4.69, 9.17) is 11.6 Å². The summed E-state index contributed by atoms with van der Waals surface area (Å²) in [7, 11) is 0. The van der Waals surface area contributed by atoms with Gasteiger partial charge in [-0.3, -0.25) is 19.3 Å². The van der Waals surface area contributed by atoms with Crippen molar-refractivity contribution in [3.8, 4) is 0 Å². The van der Waals surface area contributed by atoms with Crippen LogP contribution in [0.4, 0.5) is 11.4 Å². The Hall–Kier alpha value is -3.55. The van der Waals surface area contributed by atoms with Crippen LogP contribution in [0.1, 0.15) is 29.8 Å². The van der Waals surface area contributed by atoms with E-state index in [-0.39, 0.29) is 29.5 Å². The molecule has 0 aromatic heterocycles. The van der Waals surface area contributed by atoms with Gasteiger partial charge >= 0.3 is 0 Å². The van der Waals surface area contributed by atoms with Crippen LogP contribution in [0.15, 0.2) is 88.3 Å². The number of thioether (sulfide) groups is 1. The molecular formula is C27H24ClN3O3S. The molecule has 3 aromatic rings. The number of nitrogens with zero attached hydrogens (tertiary/aromatic N) is 1. The monoisotopic (exact) mass is 505 g/mol. The SMILES string of the molecule is Cc1ccc(NC2=C(Sc3ccc(NC(=O)c4ccccc4Cl)cc3)C(=O)N(C(C)C)C2=O)cc1. The zero-order valence-electron chi connectivity index (χ0n) is 19.5. The summed E-state index contributed by atoms with van der Waals surface area (Å²) in [6, 6.07) is 21.2. The lowest BCUT2D eigenvalue weighted by molar-refractivity contribution is -0.139. The van der Waals surface area contributed by atoms with Crippen LogP contribution in [0.2, 0.25) is 5.02 Å². The van der Waals surface area contributed by atoms with Gasteiger partial charge in [0.15, 0.2) is 0 Å². The molecule has 0 saturated carbocycles. The molecule has 1 heterocycles. The predicted octanol–water partition coefficient (Wildman–Crippen LogP) is 6.09. The second kappa shape index (κ2) is 10.4. The third-order valence-electron chi connectivity index (χ3n) is 5.36. The van der Waals surface area contributed by atoms with Gasteiger partial charge in [-0.25, -0.2) is 0 Å². The fraction of sp³-hybridized carbons (Fsp3) is 0.148. The van der Waals surface area contributed by atoms with Gasteiger partial charge in [0.1, 0.15) is 10.6 Å². The highest BCUT2D eigenvalue weighted by Gasteiger charge is 2.40. The van der Waals surface area contributed by atoms with E-state index >= 15 is 0 Å². The first-order valence-electron chi connectivity index (χ1n) is 11.0. The predicted molar refractivity (Wildman–Crippen MR) is 141 cm³/mol. The number of nitrogens with one attached hydrogen (secondary N) is 2. The Labute approximate surface area is 213 Å². The Balaban J connectivity index is 1.56. The van der Waals surface area contributed by atoms with Gasteiger partial charge in [0.2, 0.25) is 0 Å². The van der Waals surface area contributed by atoms with Crippen LogP contribution in [-0.2, 0) is 9.59 Å². The first-order chi connectivity index (χ1) is 16.7. The Morgan fingerprint density at radius 2 is 1.51 bits per heavy atom. The lowest BCUT2D eigenvalue weighted by atomic mass is 10.2. The molecule has 0 radical (unpaired) electrons. The standard InChI is InChI=1S/C27H24ClN3O3S/c1-16(2)31-26(33)23(29-18-10-8-17(3)9-11-18)24(27(31)34)35-20-14-12-19(13-15-20)30-25(32)21-6-4-5-7-22(21)28/h4-16,29H,1-3H3,(H,30,32). The maximum Gasteiger partial charge on any atom is 0.278 e. The lowest BCUT2D eigenvalue weighted by Gasteiger charge is -2.19. The van der Waals surface area contributed by atoms with E-state index in [0.717, 1.165) is 16.1 Å². The van der Waals surface area contributed by atoms with Crippen molar-refractivity contribution in [3.63, 3.8) is 0 Å². The van der Waals surface area contributed by atoms with E-state index in [2.05, 4.69) is 10.6 Å². The normalized spacial score (nSPS) is 13.6. The van der Waals surface area contributed by atoms with Gasteiger partial charge in [0.25, 0.3) is 17.7 Å². The number of carbonyl (C=O) groups is 3. The molecule has 0 saturated heterocycles. The summed E-state index contributed by atoms with van der Waals surface area (Å²) in [6.45, 7) is 5.60. The molecule has 3 aromatic carbocycles. The van der Waals surface area contributed by atoms with E-state index in [0.29, 0.717) is 21.2 Å². The summed E-state index contributed by atoms with van der Waals surface area (Å²) in [4.78, 5) is 41.1. The molecule has 0 spiro atoms. The summed E-state index contributed by atoms with van der Waals surface area (Å²) >= 11 is 7.32. The van der Waals surface area contributed by atoms with Crippen LogP contribution < -0.4 is 10.6 Å². The number of imide groups is 1. The van der Waals surface area contributed by atoms with Crippen LogP contribution in [0, 0.1) is 6.92 Å². The summed E-state index contributed by atoms with van der Waals surface area (Å²) in [5, 5.41) is 6.33. The van der Waals surface area contributed by atoms with Crippen molar-refractivity contribution < 1.29 is 14.4 Å². The quantitative estimate of drug-likeness (QED) is 0.380. The number of rotatable bonds is 7. The maximum absolute atomic E-state index is 13.1. The van der Waals surface area contributed by atoms with Crippen molar-refractivity contribution in [2.24, 2.45) is 0 Å². The molecule has 0 aliphatic carbocycles. The van der Waals surface area contributed by atoms with Crippen LogP contribution in [0.5, 0.6) is 0 Å². The molecular weight excluding hydrogens is 482 g/mol. The largest absolute Gasteiger partial charge is 0.350 e. The molecule has 1 aliphatic heterocycles. The molecule has 4 rings (SSSR count). The molecule has 0 atom stereocenters. The highest BCUT2D eigenvalue weighted by molar-refractivity contribution is 8.04. The van der Waals surface area contributed by atoms with Crippen LogP contribution in [-0.4, -0.2) is 28.7 Å². The van der Waals surface area contributed by atoms with Gasteiger partial charge in [-0.2, -0.15) is 0 Å². The minimum atomic E-state index is -0.350. The maximum atomic E-state index is 13.1. The smallest absolute Gasteiger partial charge is 0.278 e. The topological polar surface area (TPSA) is 78.5 Å². The summed E-state index contributed by atoms with van der Waals surface area (Å²) in [5.41, 5.74) is 3.05. The minimum Gasteiger partial charge on any atom is -0.350 e. The van der Waals surface area contributed by atoms with Crippen LogP contribution in [0.3, 0.4) is 0 Å². The van der Waals surface area contributed by atoms with Crippen LogP contribution in [0.25, 0.3) is 0 Å². The van der Waals surface area contributed by atoms with Gasteiger partial charge in [0.05, 0.1) is 10.6 Å². The number of hydrogen-bond acceptors (Lipinski definition) is 5. The molecule has 1 aliphatic rings. The van der Waals surface area contributed by atoms with Gasteiger partial charge in [-0.1, -0.05) is 53.2 Å². The highest BCUT2D eigenvalue weighted by Crippen LogP contribution is 2.37. The molecule has 2 N–H and O–H groups in total. The fourth-order valence-electron chi connectivity index (χ4n) is 3.55. The van der Waals surface area contributed by atoms with E-state index < -0.39 is 0 Å². The molecule has 8 heteroatoms. The summed E-state index contributed by atoms with van der Waals surface area (Å²) < 4.78 is 0. The molecule has 6 nitrogen and oxygen atoms in total. The highest BCUT2D eigenvalue weighted by atomic mass is 35.5. The number of carbonyl (C=O) groups excluding carboxylic acids is 3. The first-order valence-corrected chi connectivity index (χ1v) is 12.2. The van der Waals surface area contributed by atoms with Crippen molar-refractivity contribution in [3.05, 3.63) is 99.5 Å². The Morgan fingerprint density at radius 1 is 0.886 bits per heavy atom. The third kappa shape index (κ3) is 5.42. The number of aryl methyl sites for hydroxylation is 1. The molecule has 0 bridgehead atoms. The second-order valence-corrected chi connectivity index (χ2v) is 9.82. The van der Waals surface area contributed by atoms with Crippen molar-refractivity contribution in [1.29, 1.82) is 0 Å². The minimum absolute atomic E-state index is 0.258. The number of benzene rings is 3. The molecule has 35 heavy (non-hydrogen) atoms. The Bertz CT molecular complexity index is 1320. The van der Waals surface area contributed by atoms with E-state index in [1.165, 1.54) is 16.7 Å². The number of hydrogen-bond donors (Lipinski definition) is 2. The molecule has 178 valence electrons. The third-order valence-corrected chi connectivity index (χ3v) is 6.78. The summed E-state index contributed by atoms with van der Waals surface area (Å²) in [6.07, 6.45) is 0. The molecule has 0 unspecified atom stereocenters. The lowest BCUT2D eigenvalue weighted by Crippen LogP contribution is -2.38. The van der Waals surface area contributed by atoms with E-state index in [1.807, 2.05) is 45.0 Å². The van der Waals surface area contributed by atoms with Crippen LogP contribution >= 0.6 is 23.4 Å². The zero-order valence-corrected chi connectivity index (χ0v) is 21.0. The van der Waals surface area contributed by atoms with Gasteiger partial charge in [-0.15, -0.1) is 0 Å². The zero-order chi connectivity index (χ0) is 25.1. The molecule has 3 amide bonds.